The van der Waals surface area contributed by atoms with E-state index in [9.17, 15) is 18.0 Å². The molecule has 0 aliphatic carbocycles. The van der Waals surface area contributed by atoms with Crippen molar-refractivity contribution in [2.24, 2.45) is 0 Å². The number of morpholine rings is 1. The molecule has 0 radical (unpaired) electrons. The van der Waals surface area contributed by atoms with Crippen LogP contribution in [0.3, 0.4) is 0 Å². The zero-order valence-corrected chi connectivity index (χ0v) is 17.8. The van der Waals surface area contributed by atoms with Gasteiger partial charge in [0.1, 0.15) is 0 Å². The Morgan fingerprint density at radius 2 is 1.81 bits per heavy atom. The van der Waals surface area contributed by atoms with E-state index in [2.05, 4.69) is 10.3 Å². The van der Waals surface area contributed by atoms with Crippen LogP contribution in [0.1, 0.15) is 28.9 Å². The minimum atomic E-state index is -3.74. The third kappa shape index (κ3) is 4.39. The van der Waals surface area contributed by atoms with Crippen molar-refractivity contribution in [1.29, 1.82) is 0 Å². The molecule has 1 aliphatic heterocycles. The van der Waals surface area contributed by atoms with Crippen LogP contribution in [0, 0.1) is 0 Å². The number of carbonyl (C=O) groups excluding carboxylic acids is 1. The van der Waals surface area contributed by atoms with Gasteiger partial charge in [-0.3, -0.25) is 9.59 Å². The summed E-state index contributed by atoms with van der Waals surface area (Å²) in [5.74, 6) is -0.451. The Kier molecular flexibility index (Phi) is 5.90. The van der Waals surface area contributed by atoms with Gasteiger partial charge in [0.2, 0.25) is 15.6 Å². The minimum absolute atomic E-state index is 0.0686. The largest absolute Gasteiger partial charge is 0.379 e. The Morgan fingerprint density at radius 1 is 1.10 bits per heavy atom. The Balaban J connectivity index is 1.72. The van der Waals surface area contributed by atoms with Crippen LogP contribution < -0.4 is 10.9 Å². The molecule has 3 aromatic rings. The van der Waals surface area contributed by atoms with E-state index in [4.69, 9.17) is 4.74 Å². The molecule has 1 amide bonds. The predicted octanol–water partition coefficient (Wildman–Crippen LogP) is 2.04. The number of aromatic nitrogens is 1. The molecular formula is C22H23N3O5S. The first-order chi connectivity index (χ1) is 14.9. The number of rotatable bonds is 5. The molecule has 1 fully saturated rings. The number of fused-ring (bicyclic) bond motifs is 1. The Hall–Kier alpha value is -3.01. The number of hydrogen-bond donors (Lipinski definition) is 2. The fourth-order valence-electron chi connectivity index (χ4n) is 3.62. The number of benzene rings is 2. The van der Waals surface area contributed by atoms with Gasteiger partial charge in [0.15, 0.2) is 0 Å². The Morgan fingerprint density at radius 3 is 2.52 bits per heavy atom. The van der Waals surface area contributed by atoms with Gasteiger partial charge in [0.25, 0.3) is 5.91 Å². The molecule has 162 valence electrons. The van der Waals surface area contributed by atoms with Gasteiger partial charge in [-0.2, -0.15) is 4.31 Å². The molecule has 1 atom stereocenters. The van der Waals surface area contributed by atoms with Crippen molar-refractivity contribution in [2.45, 2.75) is 17.9 Å². The molecule has 1 unspecified atom stereocenters. The molecule has 9 heteroatoms. The van der Waals surface area contributed by atoms with Crippen molar-refractivity contribution in [3.8, 4) is 0 Å². The number of nitrogens with zero attached hydrogens (tertiary/aromatic N) is 1. The van der Waals surface area contributed by atoms with Gasteiger partial charge >= 0.3 is 0 Å². The topological polar surface area (TPSA) is 109 Å². The van der Waals surface area contributed by atoms with E-state index in [1.807, 2.05) is 37.3 Å². The number of carbonyl (C=O) groups is 1. The normalized spacial score (nSPS) is 16.2. The second-order valence-electron chi connectivity index (χ2n) is 7.38. The number of amides is 1. The predicted molar refractivity (Wildman–Crippen MR) is 116 cm³/mol. The standard InChI is InChI=1S/C22H23N3O5S/c1-15(16-5-3-2-4-6-16)23-22(27)19-14-21(26)24-20-8-7-17(13-18(19)20)31(28,29)25-9-11-30-12-10-25/h2-8,13-15H,9-12H2,1H3,(H,23,27)(H,24,26). The lowest BCUT2D eigenvalue weighted by atomic mass is 10.1. The molecule has 1 saturated heterocycles. The van der Waals surface area contributed by atoms with Gasteiger partial charge in [-0.05, 0) is 30.7 Å². The first-order valence-electron chi connectivity index (χ1n) is 9.97. The van der Waals surface area contributed by atoms with Crippen LogP contribution in [0.15, 0.2) is 64.3 Å². The summed E-state index contributed by atoms with van der Waals surface area (Å²) in [6.45, 7) is 3.06. The summed E-state index contributed by atoms with van der Waals surface area (Å²) in [6, 6.07) is 14.7. The van der Waals surface area contributed by atoms with Crippen LogP contribution in [0.25, 0.3) is 10.9 Å². The van der Waals surface area contributed by atoms with Crippen LogP contribution in [0.2, 0.25) is 0 Å². The lowest BCUT2D eigenvalue weighted by Crippen LogP contribution is -2.40. The van der Waals surface area contributed by atoms with Crippen molar-refractivity contribution in [1.82, 2.24) is 14.6 Å². The fourth-order valence-corrected chi connectivity index (χ4v) is 5.05. The summed E-state index contributed by atoms with van der Waals surface area (Å²) in [5, 5.41) is 3.25. The van der Waals surface area contributed by atoms with Crippen LogP contribution >= 0.6 is 0 Å². The van der Waals surface area contributed by atoms with Gasteiger partial charge < -0.3 is 15.0 Å². The zero-order valence-electron chi connectivity index (χ0n) is 17.0. The maximum atomic E-state index is 13.0. The molecule has 31 heavy (non-hydrogen) atoms. The molecule has 1 aliphatic rings. The molecule has 1 aromatic heterocycles. The van der Waals surface area contributed by atoms with Gasteiger partial charge in [-0.15, -0.1) is 0 Å². The van der Waals surface area contributed by atoms with Crippen molar-refractivity contribution >= 4 is 26.8 Å². The molecule has 4 rings (SSSR count). The number of aromatic amines is 1. The van der Waals surface area contributed by atoms with Gasteiger partial charge in [0, 0.05) is 30.1 Å². The maximum Gasteiger partial charge on any atom is 0.252 e. The molecule has 0 bridgehead atoms. The highest BCUT2D eigenvalue weighted by Crippen LogP contribution is 2.24. The van der Waals surface area contributed by atoms with Gasteiger partial charge in [-0.1, -0.05) is 30.3 Å². The number of sulfonamides is 1. The number of hydrogen-bond acceptors (Lipinski definition) is 5. The second kappa shape index (κ2) is 8.62. The van der Waals surface area contributed by atoms with Crippen molar-refractivity contribution in [3.63, 3.8) is 0 Å². The number of nitrogens with one attached hydrogen (secondary N) is 2. The highest BCUT2D eigenvalue weighted by atomic mass is 32.2. The fraction of sp³-hybridized carbons (Fsp3) is 0.273. The minimum Gasteiger partial charge on any atom is -0.379 e. The summed E-state index contributed by atoms with van der Waals surface area (Å²) in [5.41, 5.74) is 1.00. The van der Waals surface area contributed by atoms with E-state index in [-0.39, 0.29) is 29.6 Å². The van der Waals surface area contributed by atoms with E-state index in [1.165, 1.54) is 28.6 Å². The van der Waals surface area contributed by atoms with Crippen molar-refractivity contribution in [2.75, 3.05) is 26.3 Å². The average Bonchev–Trinajstić information content (AvgIpc) is 2.79. The molecule has 0 saturated carbocycles. The molecule has 8 nitrogen and oxygen atoms in total. The molecular weight excluding hydrogens is 418 g/mol. The molecule has 2 heterocycles. The zero-order chi connectivity index (χ0) is 22.0. The van der Waals surface area contributed by atoms with E-state index in [0.29, 0.717) is 24.1 Å². The van der Waals surface area contributed by atoms with Gasteiger partial charge in [-0.25, -0.2) is 8.42 Å². The van der Waals surface area contributed by atoms with Crippen molar-refractivity contribution in [3.05, 3.63) is 76.1 Å². The average molecular weight is 442 g/mol. The third-order valence-electron chi connectivity index (χ3n) is 5.31. The molecule has 2 aromatic carbocycles. The maximum absolute atomic E-state index is 13.0. The summed E-state index contributed by atoms with van der Waals surface area (Å²) in [6.07, 6.45) is 0. The third-order valence-corrected chi connectivity index (χ3v) is 7.21. The van der Waals surface area contributed by atoms with Crippen LogP contribution in [0.5, 0.6) is 0 Å². The highest BCUT2D eigenvalue weighted by Gasteiger charge is 2.27. The van der Waals surface area contributed by atoms with E-state index < -0.39 is 21.5 Å². The number of pyridine rings is 1. The summed E-state index contributed by atoms with van der Waals surface area (Å²) in [4.78, 5) is 27.9. The smallest absolute Gasteiger partial charge is 0.252 e. The lowest BCUT2D eigenvalue weighted by Gasteiger charge is -2.26. The monoisotopic (exact) mass is 441 g/mol. The van der Waals surface area contributed by atoms with Crippen LogP contribution in [-0.2, 0) is 14.8 Å². The molecule has 0 spiro atoms. The van der Waals surface area contributed by atoms with E-state index in [1.54, 1.807) is 0 Å². The second-order valence-corrected chi connectivity index (χ2v) is 9.31. The molecule has 2 N–H and O–H groups in total. The first-order valence-corrected chi connectivity index (χ1v) is 11.4. The quantitative estimate of drug-likeness (QED) is 0.630. The van der Waals surface area contributed by atoms with Gasteiger partial charge in [0.05, 0.1) is 29.7 Å². The summed E-state index contributed by atoms with van der Waals surface area (Å²) >= 11 is 0. The van der Waals surface area contributed by atoms with E-state index in [0.717, 1.165) is 5.56 Å². The number of H-pyrrole nitrogens is 1. The Labute approximate surface area is 179 Å². The van der Waals surface area contributed by atoms with E-state index >= 15 is 0 Å². The van der Waals surface area contributed by atoms with Crippen LogP contribution in [0.4, 0.5) is 0 Å². The summed E-state index contributed by atoms with van der Waals surface area (Å²) < 4.78 is 32.7. The van der Waals surface area contributed by atoms with Crippen molar-refractivity contribution < 1.29 is 17.9 Å². The number of ether oxygens (including phenoxy) is 1. The summed E-state index contributed by atoms with van der Waals surface area (Å²) in [7, 11) is -3.74. The SMILES string of the molecule is CC(NC(=O)c1cc(=O)[nH]c2ccc(S(=O)(=O)N3CCOCC3)cc12)c1ccccc1. The highest BCUT2D eigenvalue weighted by molar-refractivity contribution is 7.89. The lowest BCUT2D eigenvalue weighted by molar-refractivity contribution is 0.0730. The Bertz CT molecular complexity index is 1270. The first kappa shape index (κ1) is 21.2. The van der Waals surface area contributed by atoms with Crippen LogP contribution in [-0.4, -0.2) is 49.9 Å².